The van der Waals surface area contributed by atoms with Crippen LogP contribution in [0.4, 0.5) is 0 Å². The Bertz CT molecular complexity index is 1210. The Morgan fingerprint density at radius 2 is 1.97 bits per heavy atom. The number of hydrogen-bond donors (Lipinski definition) is 1. The number of carbonyl (C=O) groups excluding carboxylic acids is 1. The van der Waals surface area contributed by atoms with Crippen LogP contribution in [-0.4, -0.2) is 33.0 Å². The molecule has 2 aromatic heterocycles. The quantitative estimate of drug-likeness (QED) is 0.668. The average Bonchev–Trinajstić information content (AvgIpc) is 3.05. The molecule has 1 aromatic carbocycles. The molecule has 9 heteroatoms. The lowest BCUT2D eigenvalue weighted by atomic mass is 10.1. The Morgan fingerprint density at radius 1 is 1.24 bits per heavy atom. The fourth-order valence-corrected chi connectivity index (χ4v) is 5.38. The SMILES string of the molecule is CCCN1CCc2c(sc3c2c(=O)n(-c2ccc(Cl)cc2)c(=O)n3CC(N)=O)C1. The highest BCUT2D eigenvalue weighted by atomic mass is 35.5. The van der Waals surface area contributed by atoms with Crippen molar-refractivity contribution in [2.75, 3.05) is 13.1 Å². The van der Waals surface area contributed by atoms with Gasteiger partial charge in [-0.1, -0.05) is 18.5 Å². The zero-order chi connectivity index (χ0) is 20.7. The highest BCUT2D eigenvalue weighted by Gasteiger charge is 2.26. The first-order chi connectivity index (χ1) is 13.9. The summed E-state index contributed by atoms with van der Waals surface area (Å²) < 4.78 is 2.42. The molecular weight excluding hydrogens is 412 g/mol. The molecule has 0 unspecified atom stereocenters. The van der Waals surface area contributed by atoms with Gasteiger partial charge in [0.2, 0.25) is 5.91 Å². The van der Waals surface area contributed by atoms with Crippen molar-refractivity contribution in [3.05, 3.63) is 60.6 Å². The lowest BCUT2D eigenvalue weighted by Gasteiger charge is -2.26. The van der Waals surface area contributed by atoms with Crippen molar-refractivity contribution >= 4 is 39.1 Å². The fraction of sp³-hybridized carbons (Fsp3) is 0.350. The van der Waals surface area contributed by atoms with E-state index in [4.69, 9.17) is 17.3 Å². The molecule has 3 heterocycles. The smallest absolute Gasteiger partial charge is 0.337 e. The van der Waals surface area contributed by atoms with Crippen molar-refractivity contribution in [2.24, 2.45) is 5.73 Å². The van der Waals surface area contributed by atoms with E-state index in [2.05, 4.69) is 11.8 Å². The van der Waals surface area contributed by atoms with Crippen LogP contribution in [0.25, 0.3) is 15.9 Å². The van der Waals surface area contributed by atoms with Crippen molar-refractivity contribution in [2.45, 2.75) is 32.9 Å². The number of primary amides is 1. The van der Waals surface area contributed by atoms with E-state index >= 15 is 0 Å². The summed E-state index contributed by atoms with van der Waals surface area (Å²) in [6, 6.07) is 6.48. The molecule has 3 aromatic rings. The van der Waals surface area contributed by atoms with Crippen LogP contribution in [0.1, 0.15) is 23.8 Å². The van der Waals surface area contributed by atoms with E-state index in [1.165, 1.54) is 15.9 Å². The van der Waals surface area contributed by atoms with Gasteiger partial charge in [-0.3, -0.25) is 19.1 Å². The second kappa shape index (κ2) is 7.78. The van der Waals surface area contributed by atoms with Gasteiger partial charge in [0.1, 0.15) is 11.4 Å². The topological polar surface area (TPSA) is 90.3 Å². The molecule has 29 heavy (non-hydrogen) atoms. The minimum absolute atomic E-state index is 0.277. The zero-order valence-electron chi connectivity index (χ0n) is 16.0. The van der Waals surface area contributed by atoms with Gasteiger partial charge in [-0.2, -0.15) is 0 Å². The summed E-state index contributed by atoms with van der Waals surface area (Å²) >= 11 is 7.37. The van der Waals surface area contributed by atoms with E-state index in [1.807, 2.05) is 0 Å². The summed E-state index contributed by atoms with van der Waals surface area (Å²) in [5, 5.41) is 1.02. The Morgan fingerprint density at radius 3 is 2.62 bits per heavy atom. The van der Waals surface area contributed by atoms with E-state index in [0.717, 1.165) is 47.5 Å². The van der Waals surface area contributed by atoms with Gasteiger partial charge in [0.25, 0.3) is 5.56 Å². The van der Waals surface area contributed by atoms with E-state index in [1.54, 1.807) is 24.3 Å². The molecule has 1 aliphatic rings. The van der Waals surface area contributed by atoms with Gasteiger partial charge in [-0.05, 0) is 49.2 Å². The van der Waals surface area contributed by atoms with Crippen molar-refractivity contribution in [3.63, 3.8) is 0 Å². The maximum Gasteiger partial charge on any atom is 0.337 e. The van der Waals surface area contributed by atoms with Gasteiger partial charge in [0.05, 0.1) is 11.1 Å². The molecule has 0 saturated heterocycles. The van der Waals surface area contributed by atoms with Crippen molar-refractivity contribution < 1.29 is 4.79 Å². The number of halogens is 1. The van der Waals surface area contributed by atoms with Crippen molar-refractivity contribution in [3.8, 4) is 5.69 Å². The second-order valence-electron chi connectivity index (χ2n) is 7.16. The number of benzene rings is 1. The number of carbonyl (C=O) groups is 1. The molecule has 0 atom stereocenters. The Labute approximate surface area is 175 Å². The second-order valence-corrected chi connectivity index (χ2v) is 8.68. The maximum atomic E-state index is 13.4. The predicted molar refractivity (Wildman–Crippen MR) is 115 cm³/mol. The molecule has 0 saturated carbocycles. The molecule has 4 rings (SSSR count). The van der Waals surface area contributed by atoms with E-state index in [-0.39, 0.29) is 12.1 Å². The highest BCUT2D eigenvalue weighted by Crippen LogP contribution is 2.33. The number of thiophene rings is 1. The number of fused-ring (bicyclic) bond motifs is 3. The largest absolute Gasteiger partial charge is 0.368 e. The van der Waals surface area contributed by atoms with Crippen LogP contribution in [0, 0.1) is 0 Å². The molecule has 7 nitrogen and oxygen atoms in total. The minimum atomic E-state index is -0.631. The van der Waals surface area contributed by atoms with Crippen LogP contribution in [0.5, 0.6) is 0 Å². The van der Waals surface area contributed by atoms with E-state index in [9.17, 15) is 14.4 Å². The van der Waals surface area contributed by atoms with Crippen LogP contribution in [0.3, 0.4) is 0 Å². The molecule has 1 aliphatic heterocycles. The zero-order valence-corrected chi connectivity index (χ0v) is 17.6. The van der Waals surface area contributed by atoms with Crippen LogP contribution < -0.4 is 17.0 Å². The monoisotopic (exact) mass is 432 g/mol. The third-order valence-corrected chi connectivity index (χ3v) is 6.63. The molecule has 0 bridgehead atoms. The van der Waals surface area contributed by atoms with Gasteiger partial charge in [0, 0.05) is 23.0 Å². The average molecular weight is 433 g/mol. The maximum absolute atomic E-state index is 13.4. The predicted octanol–water partition coefficient (Wildman–Crippen LogP) is 2.12. The third-order valence-electron chi connectivity index (χ3n) is 5.14. The molecule has 1 amide bonds. The number of amides is 1. The Hall–Kier alpha value is -2.42. The van der Waals surface area contributed by atoms with Gasteiger partial charge < -0.3 is 5.73 Å². The van der Waals surface area contributed by atoms with Crippen molar-refractivity contribution in [1.29, 1.82) is 0 Å². The number of nitrogens with zero attached hydrogens (tertiary/aromatic N) is 3. The van der Waals surface area contributed by atoms with Gasteiger partial charge in [-0.25, -0.2) is 9.36 Å². The standard InChI is InChI=1S/C20H21ClN4O3S/c1-2-8-23-9-7-14-15(10-23)29-19-17(14)18(27)25(13-5-3-12(21)4-6-13)20(28)24(19)11-16(22)26/h3-6H,2,7-11H2,1H3,(H2,22,26). The highest BCUT2D eigenvalue weighted by molar-refractivity contribution is 7.18. The summed E-state index contributed by atoms with van der Waals surface area (Å²) in [6.45, 7) is 4.45. The van der Waals surface area contributed by atoms with Crippen LogP contribution in [-0.2, 0) is 24.3 Å². The van der Waals surface area contributed by atoms with Crippen LogP contribution in [0.15, 0.2) is 33.9 Å². The first-order valence-corrected chi connectivity index (χ1v) is 10.7. The molecule has 2 N–H and O–H groups in total. The first kappa shape index (κ1) is 19.9. The minimum Gasteiger partial charge on any atom is -0.368 e. The lowest BCUT2D eigenvalue weighted by molar-refractivity contribution is -0.118. The number of rotatable bonds is 5. The van der Waals surface area contributed by atoms with Crippen molar-refractivity contribution in [1.82, 2.24) is 14.0 Å². The fourth-order valence-electron chi connectivity index (χ4n) is 3.88. The molecule has 0 radical (unpaired) electrons. The van der Waals surface area contributed by atoms with Gasteiger partial charge in [0.15, 0.2) is 0 Å². The van der Waals surface area contributed by atoms with Gasteiger partial charge in [-0.15, -0.1) is 11.3 Å². The number of nitrogens with two attached hydrogens (primary N) is 1. The molecule has 152 valence electrons. The lowest BCUT2D eigenvalue weighted by Crippen LogP contribution is -2.41. The normalized spacial score (nSPS) is 14.3. The molecule has 0 spiro atoms. The third kappa shape index (κ3) is 3.52. The Balaban J connectivity index is 2.01. The summed E-state index contributed by atoms with van der Waals surface area (Å²) in [7, 11) is 0. The molecular formula is C20H21ClN4O3S. The summed E-state index contributed by atoms with van der Waals surface area (Å²) in [4.78, 5) is 42.2. The first-order valence-electron chi connectivity index (χ1n) is 9.47. The number of hydrogen-bond acceptors (Lipinski definition) is 5. The summed E-state index contributed by atoms with van der Waals surface area (Å²) in [6.07, 6.45) is 1.79. The van der Waals surface area contributed by atoms with E-state index in [0.29, 0.717) is 20.9 Å². The van der Waals surface area contributed by atoms with Crippen LogP contribution in [0.2, 0.25) is 5.02 Å². The molecule has 0 fully saturated rings. The summed E-state index contributed by atoms with van der Waals surface area (Å²) in [5.74, 6) is -0.631. The number of aromatic nitrogens is 2. The Kier molecular flexibility index (Phi) is 5.33. The molecule has 0 aliphatic carbocycles. The summed E-state index contributed by atoms with van der Waals surface area (Å²) in [5.41, 5.74) is 5.85. The van der Waals surface area contributed by atoms with E-state index < -0.39 is 11.6 Å². The van der Waals surface area contributed by atoms with Gasteiger partial charge >= 0.3 is 5.69 Å². The van der Waals surface area contributed by atoms with Crippen LogP contribution >= 0.6 is 22.9 Å².